The van der Waals surface area contributed by atoms with Crippen LogP contribution in [-0.4, -0.2) is 89.5 Å². The van der Waals surface area contributed by atoms with Gasteiger partial charge in [0, 0.05) is 60.4 Å². The second-order valence-corrected chi connectivity index (χ2v) is 16.8. The van der Waals surface area contributed by atoms with Gasteiger partial charge in [-0.2, -0.15) is 0 Å². The van der Waals surface area contributed by atoms with Crippen LogP contribution in [0.2, 0.25) is 0 Å². The second-order valence-electron chi connectivity index (χ2n) is 16.8. The Hall–Kier alpha value is -6.09. The minimum Gasteiger partial charge on any atom is -0.508 e. The summed E-state index contributed by atoms with van der Waals surface area (Å²) >= 11 is 0. The zero-order chi connectivity index (χ0) is 42.8. The van der Waals surface area contributed by atoms with Gasteiger partial charge < -0.3 is 25.7 Å². The summed E-state index contributed by atoms with van der Waals surface area (Å²) in [6.45, 7) is 12.2. The van der Waals surface area contributed by atoms with E-state index in [9.17, 15) is 34.2 Å². The molecule has 2 fully saturated rings. The molecule has 7 rings (SSSR count). The highest BCUT2D eigenvalue weighted by molar-refractivity contribution is 6.07. The zero-order valence-electron chi connectivity index (χ0n) is 34.8. The van der Waals surface area contributed by atoms with E-state index in [1.807, 2.05) is 51.3 Å². The number of nitrogens with one attached hydrogen (secondary N) is 3. The lowest BCUT2D eigenvalue weighted by molar-refractivity contribution is -0.137. The van der Waals surface area contributed by atoms with Gasteiger partial charge in [-0.25, -0.2) is 0 Å². The lowest BCUT2D eigenvalue weighted by Crippen LogP contribution is -2.52. The van der Waals surface area contributed by atoms with E-state index in [1.165, 1.54) is 11.0 Å². The molecule has 60 heavy (non-hydrogen) atoms. The molecule has 0 radical (unpaired) electrons. The first kappa shape index (κ1) is 42.0. The van der Waals surface area contributed by atoms with Gasteiger partial charge in [0.25, 0.3) is 5.91 Å². The van der Waals surface area contributed by atoms with Gasteiger partial charge in [0.1, 0.15) is 29.4 Å². The normalized spacial score (nSPS) is 17.9. The molecule has 3 aromatic carbocycles. The monoisotopic (exact) mass is 818 g/mol. The average molecular weight is 819 g/mol. The number of aromatic nitrogens is 3. The molecule has 1 unspecified atom stereocenters. The topological polar surface area (TPSA) is 199 Å². The maximum Gasteiger partial charge on any atom is 0.255 e. The number of phenols is 2. The van der Waals surface area contributed by atoms with Gasteiger partial charge in [-0.15, -0.1) is 10.2 Å². The van der Waals surface area contributed by atoms with Gasteiger partial charge in [-0.1, -0.05) is 52.8 Å². The van der Waals surface area contributed by atoms with E-state index < -0.39 is 18.0 Å². The van der Waals surface area contributed by atoms with Crippen LogP contribution in [0.3, 0.4) is 0 Å². The standard InChI is InChI=1S/C45H54N8O7/c1-6-39-49-50-41(32-21-31(26(4)5)37(54)22-38(32)55)53(39)29-12-10-27(11-13-29)23-51-18-16-28(17-19-51)42(57)47-35(20-25(2)3)43(58)46-34-9-7-8-30-33(34)24-52(45(30)60)36-14-15-40(56)48-44(36)59/h7-13,21-22,25-26,28,35-36,54-55H,6,14-20,23-24H2,1-5H3,(H,46,58)(H,47,57)(H,48,56,59)/t35-,36?/m0/s1. The molecular weight excluding hydrogens is 765 g/mol. The molecule has 5 N–H and O–H groups in total. The van der Waals surface area contributed by atoms with Crippen molar-refractivity contribution in [3.05, 3.63) is 82.7 Å². The van der Waals surface area contributed by atoms with Gasteiger partial charge in [0.05, 0.1) is 5.56 Å². The molecule has 2 atom stereocenters. The maximum atomic E-state index is 13.8. The molecule has 0 spiro atoms. The van der Waals surface area contributed by atoms with E-state index in [0.717, 1.165) is 17.1 Å². The molecule has 1 aromatic heterocycles. The Kier molecular flexibility index (Phi) is 12.4. The predicted octanol–water partition coefficient (Wildman–Crippen LogP) is 5.17. The number of amides is 5. The van der Waals surface area contributed by atoms with Gasteiger partial charge >= 0.3 is 0 Å². The Morgan fingerprint density at radius 3 is 2.32 bits per heavy atom. The van der Waals surface area contributed by atoms with Gasteiger partial charge in [-0.3, -0.25) is 38.8 Å². The molecule has 0 aliphatic carbocycles. The number of hydrogen-bond acceptors (Lipinski definition) is 10. The number of anilines is 1. The fourth-order valence-corrected chi connectivity index (χ4v) is 8.50. The van der Waals surface area contributed by atoms with Crippen molar-refractivity contribution >= 4 is 35.2 Å². The molecule has 3 aliphatic heterocycles. The molecule has 0 saturated carbocycles. The van der Waals surface area contributed by atoms with Crippen LogP contribution >= 0.6 is 0 Å². The Balaban J connectivity index is 0.960. The number of phenolic OH excluding ortho intramolecular Hbond substituents is 2. The molecule has 4 heterocycles. The number of carbonyl (C=O) groups is 5. The molecule has 15 nitrogen and oxygen atoms in total. The number of imide groups is 1. The number of benzene rings is 3. The number of hydrogen-bond donors (Lipinski definition) is 5. The lowest BCUT2D eigenvalue weighted by Gasteiger charge is -2.32. The van der Waals surface area contributed by atoms with Crippen LogP contribution in [0.4, 0.5) is 5.69 Å². The van der Waals surface area contributed by atoms with Crippen molar-refractivity contribution in [2.75, 3.05) is 18.4 Å². The fourth-order valence-electron chi connectivity index (χ4n) is 8.50. The van der Waals surface area contributed by atoms with Crippen molar-refractivity contribution in [2.24, 2.45) is 11.8 Å². The van der Waals surface area contributed by atoms with E-state index in [4.69, 9.17) is 0 Å². The Bertz CT molecular complexity index is 2290. The van der Waals surface area contributed by atoms with Crippen molar-refractivity contribution in [2.45, 2.75) is 104 Å². The summed E-state index contributed by atoms with van der Waals surface area (Å²) in [7, 11) is 0. The number of aromatic hydroxyl groups is 2. The molecule has 3 aliphatic rings. The van der Waals surface area contributed by atoms with E-state index in [1.54, 1.807) is 24.3 Å². The minimum atomic E-state index is -0.789. The molecule has 5 amide bonds. The first-order chi connectivity index (χ1) is 28.7. The van der Waals surface area contributed by atoms with E-state index >= 15 is 0 Å². The molecule has 316 valence electrons. The average Bonchev–Trinajstić information content (AvgIpc) is 3.79. The highest BCUT2D eigenvalue weighted by Gasteiger charge is 2.40. The smallest absolute Gasteiger partial charge is 0.255 e. The summed E-state index contributed by atoms with van der Waals surface area (Å²) in [6.07, 6.45) is 2.72. The Morgan fingerprint density at radius 1 is 0.917 bits per heavy atom. The van der Waals surface area contributed by atoms with Crippen LogP contribution < -0.4 is 16.0 Å². The lowest BCUT2D eigenvalue weighted by atomic mass is 9.94. The minimum absolute atomic E-state index is 0.0376. The van der Waals surface area contributed by atoms with Crippen molar-refractivity contribution in [3.8, 4) is 28.6 Å². The number of nitrogens with zero attached hydrogens (tertiary/aromatic N) is 5. The van der Waals surface area contributed by atoms with Crippen LogP contribution in [0.15, 0.2) is 54.6 Å². The summed E-state index contributed by atoms with van der Waals surface area (Å²) in [5.74, 6) is -0.622. The SMILES string of the molecule is CCc1nnc(-c2cc(C(C)C)c(O)cc2O)n1-c1ccc(CN2CCC(C(=O)N[C@@H](CC(C)C)C(=O)Nc3cccc4c3CN(C3CCC(=O)NC3=O)C4=O)CC2)cc1. The van der Waals surface area contributed by atoms with Crippen LogP contribution in [-0.2, 0) is 38.7 Å². The number of fused-ring (bicyclic) bond motifs is 1. The van der Waals surface area contributed by atoms with Crippen LogP contribution in [0.5, 0.6) is 11.5 Å². The predicted molar refractivity (Wildman–Crippen MR) is 224 cm³/mol. The number of likely N-dealkylation sites (tertiary alicyclic amines) is 1. The van der Waals surface area contributed by atoms with Crippen LogP contribution in [0.1, 0.15) is 106 Å². The summed E-state index contributed by atoms with van der Waals surface area (Å²) in [5.41, 5.74) is 4.60. The van der Waals surface area contributed by atoms with Gasteiger partial charge in [-0.05, 0) is 92.1 Å². The van der Waals surface area contributed by atoms with Crippen molar-refractivity contribution < 1.29 is 34.2 Å². The number of aryl methyl sites for hydroxylation is 1. The third-order valence-corrected chi connectivity index (χ3v) is 11.8. The van der Waals surface area contributed by atoms with Gasteiger partial charge in [0.15, 0.2) is 5.82 Å². The van der Waals surface area contributed by atoms with E-state index in [2.05, 4.69) is 43.2 Å². The van der Waals surface area contributed by atoms with Crippen molar-refractivity contribution in [1.29, 1.82) is 0 Å². The fraction of sp³-hybridized carbons (Fsp3) is 0.444. The number of carbonyl (C=O) groups excluding carboxylic acids is 5. The second kappa shape index (κ2) is 17.6. The molecular formula is C45H54N8O7. The summed E-state index contributed by atoms with van der Waals surface area (Å²) in [4.78, 5) is 68.9. The summed E-state index contributed by atoms with van der Waals surface area (Å²) < 4.78 is 1.93. The number of rotatable bonds is 13. The van der Waals surface area contributed by atoms with E-state index in [-0.39, 0.29) is 72.3 Å². The molecule has 0 bridgehead atoms. The first-order valence-corrected chi connectivity index (χ1v) is 20.9. The van der Waals surface area contributed by atoms with Gasteiger partial charge in [0.2, 0.25) is 23.6 Å². The number of piperidine rings is 2. The largest absolute Gasteiger partial charge is 0.508 e. The third-order valence-electron chi connectivity index (χ3n) is 11.8. The quantitative estimate of drug-likeness (QED) is 0.112. The summed E-state index contributed by atoms with van der Waals surface area (Å²) in [6, 6.07) is 14.8. The molecule has 4 aromatic rings. The summed E-state index contributed by atoms with van der Waals surface area (Å²) in [5, 5.41) is 38.4. The highest BCUT2D eigenvalue weighted by Crippen LogP contribution is 2.38. The first-order valence-electron chi connectivity index (χ1n) is 20.9. The van der Waals surface area contributed by atoms with E-state index in [0.29, 0.717) is 79.1 Å². The van der Waals surface area contributed by atoms with Crippen LogP contribution in [0, 0.1) is 11.8 Å². The maximum absolute atomic E-state index is 13.8. The Labute approximate surface area is 349 Å². The van der Waals surface area contributed by atoms with Crippen molar-refractivity contribution in [1.82, 2.24) is 35.2 Å². The Morgan fingerprint density at radius 2 is 1.65 bits per heavy atom. The zero-order valence-corrected chi connectivity index (χ0v) is 34.8. The highest BCUT2D eigenvalue weighted by atomic mass is 16.3. The molecule has 15 heteroatoms. The third kappa shape index (κ3) is 8.76. The van der Waals surface area contributed by atoms with Crippen molar-refractivity contribution in [3.63, 3.8) is 0 Å². The molecule has 2 saturated heterocycles. The van der Waals surface area contributed by atoms with Crippen LogP contribution in [0.25, 0.3) is 17.1 Å².